The van der Waals surface area contributed by atoms with Gasteiger partial charge in [-0.2, -0.15) is 0 Å². The molecule has 2 N–H and O–H groups in total. The fourth-order valence-corrected chi connectivity index (χ4v) is 3.13. The van der Waals surface area contributed by atoms with Crippen LogP contribution in [0.3, 0.4) is 0 Å². The highest BCUT2D eigenvalue weighted by Gasteiger charge is 2.21. The van der Waals surface area contributed by atoms with Crippen molar-refractivity contribution in [2.45, 2.75) is 19.5 Å². The smallest absolute Gasteiger partial charge is 0.270 e. The fraction of sp³-hybridized carbons (Fsp3) is 0.333. The van der Waals surface area contributed by atoms with Crippen molar-refractivity contribution in [2.75, 3.05) is 13.7 Å². The molecule has 126 valence electrons. The molecule has 0 atom stereocenters. The Balaban J connectivity index is 1.87. The summed E-state index contributed by atoms with van der Waals surface area (Å²) >= 11 is 5.01. The van der Waals surface area contributed by atoms with Crippen LogP contribution in [0.25, 0.3) is 0 Å². The number of hydrogen-bond acceptors (Lipinski definition) is 6. The molecule has 0 amide bonds. The Morgan fingerprint density at radius 2 is 2.21 bits per heavy atom. The summed E-state index contributed by atoms with van der Waals surface area (Å²) in [7, 11) is 1.53. The molecule has 0 saturated carbocycles. The Morgan fingerprint density at radius 3 is 2.92 bits per heavy atom. The molecule has 0 unspecified atom stereocenters. The number of nitro benzene ring substituents is 1. The molecule has 0 saturated heterocycles. The van der Waals surface area contributed by atoms with Crippen molar-refractivity contribution in [3.05, 3.63) is 60.3 Å². The Morgan fingerprint density at radius 1 is 1.42 bits per heavy atom. The van der Waals surface area contributed by atoms with Gasteiger partial charge < -0.3 is 9.72 Å². The number of fused-ring (bicyclic) bond motifs is 1. The number of nitro groups is 1. The van der Waals surface area contributed by atoms with Crippen LogP contribution in [0.1, 0.15) is 16.8 Å². The van der Waals surface area contributed by atoms with Crippen LogP contribution in [0.5, 0.6) is 5.75 Å². The number of non-ortho nitro benzene ring substituents is 1. The van der Waals surface area contributed by atoms with E-state index in [-0.39, 0.29) is 11.2 Å². The maximum absolute atomic E-state index is 11.9. The van der Waals surface area contributed by atoms with Crippen molar-refractivity contribution in [3.8, 4) is 5.75 Å². The van der Waals surface area contributed by atoms with E-state index in [1.807, 2.05) is 0 Å². The highest BCUT2D eigenvalue weighted by molar-refractivity contribution is 7.71. The molecule has 2 heterocycles. The molecule has 1 aliphatic heterocycles. The van der Waals surface area contributed by atoms with Crippen LogP contribution >= 0.6 is 12.2 Å². The van der Waals surface area contributed by atoms with Crippen LogP contribution in [-0.2, 0) is 19.5 Å². The zero-order valence-electron chi connectivity index (χ0n) is 13.0. The minimum atomic E-state index is -0.425. The monoisotopic (exact) mass is 348 g/mol. The second kappa shape index (κ2) is 6.54. The number of hydrogen-bond donors (Lipinski definition) is 2. The summed E-state index contributed by atoms with van der Waals surface area (Å²) in [6.45, 7) is 1.68. The molecule has 1 aliphatic rings. The Labute approximate surface area is 142 Å². The molecule has 0 radical (unpaired) electrons. The summed E-state index contributed by atoms with van der Waals surface area (Å²) in [5.74, 6) is 0.602. The number of nitrogens with zero attached hydrogens (tertiary/aromatic N) is 2. The summed E-state index contributed by atoms with van der Waals surface area (Å²) < 4.78 is 5.60. The lowest BCUT2D eigenvalue weighted by molar-refractivity contribution is -0.385. The average molecular weight is 348 g/mol. The Kier molecular flexibility index (Phi) is 4.45. The zero-order chi connectivity index (χ0) is 17.3. The molecular weight excluding hydrogens is 332 g/mol. The highest BCUT2D eigenvalue weighted by atomic mass is 32.1. The van der Waals surface area contributed by atoms with E-state index in [1.165, 1.54) is 19.2 Å². The molecule has 0 bridgehead atoms. The van der Waals surface area contributed by atoms with E-state index in [2.05, 4.69) is 14.9 Å². The minimum absolute atomic E-state index is 0.0269. The molecule has 1 aromatic carbocycles. The predicted octanol–water partition coefficient (Wildman–Crippen LogP) is 1.91. The SMILES string of the molecule is COc1ccc([N+](=O)[O-])cc1CN1CCc2c([nH]c(=S)[nH]c2=O)C1. The van der Waals surface area contributed by atoms with E-state index in [0.29, 0.717) is 42.1 Å². The quantitative estimate of drug-likeness (QED) is 0.497. The van der Waals surface area contributed by atoms with Gasteiger partial charge in [-0.1, -0.05) is 0 Å². The third kappa shape index (κ3) is 3.22. The summed E-state index contributed by atoms with van der Waals surface area (Å²) in [6.07, 6.45) is 0.591. The molecule has 8 nitrogen and oxygen atoms in total. The first-order chi connectivity index (χ1) is 11.5. The molecular formula is C15H16N4O4S. The van der Waals surface area contributed by atoms with Gasteiger partial charge in [0.05, 0.1) is 12.0 Å². The molecule has 2 aromatic rings. The molecule has 24 heavy (non-hydrogen) atoms. The van der Waals surface area contributed by atoms with Gasteiger partial charge >= 0.3 is 0 Å². The lowest BCUT2D eigenvalue weighted by Gasteiger charge is -2.28. The molecule has 9 heteroatoms. The van der Waals surface area contributed by atoms with Crippen LogP contribution in [-0.4, -0.2) is 33.4 Å². The van der Waals surface area contributed by atoms with Gasteiger partial charge in [-0.3, -0.25) is 24.8 Å². The topological polar surface area (TPSA) is 104 Å². The minimum Gasteiger partial charge on any atom is -0.496 e. The van der Waals surface area contributed by atoms with Crippen molar-refractivity contribution in [3.63, 3.8) is 0 Å². The fourth-order valence-electron chi connectivity index (χ4n) is 2.91. The number of nitrogens with one attached hydrogen (secondary N) is 2. The van der Waals surface area contributed by atoms with E-state index < -0.39 is 4.92 Å². The van der Waals surface area contributed by atoms with Gasteiger partial charge in [0.1, 0.15) is 5.75 Å². The van der Waals surface area contributed by atoms with Crippen LogP contribution in [0.2, 0.25) is 0 Å². The van der Waals surface area contributed by atoms with Gasteiger partial charge in [0, 0.05) is 48.6 Å². The van der Waals surface area contributed by atoms with Crippen molar-refractivity contribution in [1.29, 1.82) is 0 Å². The number of aromatic nitrogens is 2. The number of methoxy groups -OCH3 is 1. The van der Waals surface area contributed by atoms with Crippen molar-refractivity contribution in [2.24, 2.45) is 0 Å². The third-order valence-electron chi connectivity index (χ3n) is 4.06. The third-order valence-corrected chi connectivity index (χ3v) is 4.26. The van der Waals surface area contributed by atoms with Crippen molar-refractivity contribution < 1.29 is 9.66 Å². The first kappa shape index (κ1) is 16.3. The molecule has 0 aliphatic carbocycles. The van der Waals surface area contributed by atoms with Crippen LogP contribution in [0, 0.1) is 14.9 Å². The van der Waals surface area contributed by atoms with E-state index in [1.54, 1.807) is 6.07 Å². The van der Waals surface area contributed by atoms with Crippen LogP contribution in [0.4, 0.5) is 5.69 Å². The second-order valence-corrected chi connectivity index (χ2v) is 5.99. The van der Waals surface area contributed by atoms with Gasteiger partial charge in [-0.25, -0.2) is 0 Å². The van der Waals surface area contributed by atoms with E-state index in [4.69, 9.17) is 17.0 Å². The van der Waals surface area contributed by atoms with Crippen molar-refractivity contribution >= 4 is 17.9 Å². The van der Waals surface area contributed by atoms with Crippen LogP contribution in [0.15, 0.2) is 23.0 Å². The average Bonchev–Trinajstić information content (AvgIpc) is 2.54. The Hall–Kier alpha value is -2.52. The summed E-state index contributed by atoms with van der Waals surface area (Å²) in [4.78, 5) is 30.2. The summed E-state index contributed by atoms with van der Waals surface area (Å²) in [5, 5.41) is 11.0. The summed E-state index contributed by atoms with van der Waals surface area (Å²) in [6, 6.07) is 4.54. The number of ether oxygens (including phenoxy) is 1. The van der Waals surface area contributed by atoms with Crippen molar-refractivity contribution in [1.82, 2.24) is 14.9 Å². The highest BCUT2D eigenvalue weighted by Crippen LogP contribution is 2.26. The van der Waals surface area contributed by atoms with Gasteiger partial charge in [-0.15, -0.1) is 0 Å². The van der Waals surface area contributed by atoms with Gasteiger partial charge in [0.15, 0.2) is 4.77 Å². The van der Waals surface area contributed by atoms with E-state index in [0.717, 1.165) is 11.3 Å². The number of rotatable bonds is 4. The van der Waals surface area contributed by atoms with Gasteiger partial charge in [-0.05, 0) is 24.7 Å². The molecule has 0 spiro atoms. The standard InChI is InChI=1S/C15H16N4O4S/c1-23-13-3-2-10(19(21)22)6-9(13)7-18-5-4-11-12(8-18)16-15(24)17-14(11)20/h2-3,6H,4-5,7-8H2,1H3,(H2,16,17,20,24). The first-order valence-corrected chi connectivity index (χ1v) is 7.77. The first-order valence-electron chi connectivity index (χ1n) is 7.36. The molecule has 1 aromatic heterocycles. The van der Waals surface area contributed by atoms with E-state index >= 15 is 0 Å². The lowest BCUT2D eigenvalue weighted by atomic mass is 10.1. The number of H-pyrrole nitrogens is 2. The predicted molar refractivity (Wildman–Crippen MR) is 89.7 cm³/mol. The maximum Gasteiger partial charge on any atom is 0.270 e. The Bertz CT molecular complexity index is 905. The van der Waals surface area contributed by atoms with Gasteiger partial charge in [0.2, 0.25) is 0 Å². The lowest BCUT2D eigenvalue weighted by Crippen LogP contribution is -2.34. The van der Waals surface area contributed by atoms with Crippen LogP contribution < -0.4 is 10.3 Å². The largest absolute Gasteiger partial charge is 0.496 e. The summed E-state index contributed by atoms with van der Waals surface area (Å²) in [5.41, 5.74) is 2.12. The normalized spacial score (nSPS) is 14.2. The number of aromatic amines is 2. The van der Waals surface area contributed by atoms with Gasteiger partial charge in [0.25, 0.3) is 11.2 Å². The zero-order valence-corrected chi connectivity index (χ0v) is 13.8. The maximum atomic E-state index is 11.9. The second-order valence-electron chi connectivity index (χ2n) is 5.58. The molecule has 0 fully saturated rings. The number of benzene rings is 1. The molecule has 3 rings (SSSR count). The van der Waals surface area contributed by atoms with E-state index in [9.17, 15) is 14.9 Å².